The minimum absolute atomic E-state index is 0.125. The molecule has 0 aromatic heterocycles. The van der Waals surface area contributed by atoms with Crippen LogP contribution in [0.25, 0.3) is 0 Å². The Labute approximate surface area is 151 Å². The van der Waals surface area contributed by atoms with E-state index < -0.39 is 6.10 Å². The van der Waals surface area contributed by atoms with Gasteiger partial charge < -0.3 is 10.1 Å². The summed E-state index contributed by atoms with van der Waals surface area (Å²) in [5.74, 6) is 1.01. The number of rotatable bonds is 6. The number of anilines is 1. The van der Waals surface area contributed by atoms with Crippen LogP contribution in [-0.4, -0.2) is 12.0 Å². The van der Waals surface area contributed by atoms with E-state index >= 15 is 0 Å². The number of benzene rings is 2. The van der Waals surface area contributed by atoms with Crippen molar-refractivity contribution in [2.75, 3.05) is 5.32 Å². The first kappa shape index (κ1) is 19.0. The van der Waals surface area contributed by atoms with Gasteiger partial charge in [-0.05, 0) is 61.4 Å². The van der Waals surface area contributed by atoms with Gasteiger partial charge in [0.1, 0.15) is 5.75 Å². The van der Waals surface area contributed by atoms with Crippen LogP contribution in [0.4, 0.5) is 5.69 Å². The first-order chi connectivity index (χ1) is 11.8. The Morgan fingerprint density at radius 3 is 2.48 bits per heavy atom. The molecule has 0 saturated carbocycles. The molecule has 0 aliphatic heterocycles. The lowest BCUT2D eigenvalue weighted by atomic mass is 10.0. The third-order valence-corrected chi connectivity index (χ3v) is 4.45. The third-order valence-electron chi connectivity index (χ3n) is 4.45. The van der Waals surface area contributed by atoms with E-state index in [1.165, 1.54) is 0 Å². The molecule has 0 bridgehead atoms. The fraction of sp³-hybridized carbons (Fsp3) is 0.409. The summed E-state index contributed by atoms with van der Waals surface area (Å²) in [6.07, 6.45) is 0.311. The minimum Gasteiger partial charge on any atom is -0.481 e. The molecule has 1 amide bonds. The molecule has 2 aromatic rings. The van der Waals surface area contributed by atoms with Crippen LogP contribution in [0.1, 0.15) is 55.9 Å². The topological polar surface area (TPSA) is 38.3 Å². The number of amides is 1. The molecule has 134 valence electrons. The summed E-state index contributed by atoms with van der Waals surface area (Å²) in [6.45, 7) is 12.2. The molecule has 2 aromatic carbocycles. The van der Waals surface area contributed by atoms with Crippen molar-refractivity contribution < 1.29 is 9.53 Å². The van der Waals surface area contributed by atoms with Crippen LogP contribution in [-0.2, 0) is 11.2 Å². The summed E-state index contributed by atoms with van der Waals surface area (Å²) in [4.78, 5) is 12.7. The zero-order valence-corrected chi connectivity index (χ0v) is 16.1. The van der Waals surface area contributed by atoms with Crippen molar-refractivity contribution in [1.82, 2.24) is 0 Å². The molecule has 3 heteroatoms. The summed E-state index contributed by atoms with van der Waals surface area (Å²) in [5, 5.41) is 3.05. The number of aryl methyl sites for hydroxylation is 3. The maximum Gasteiger partial charge on any atom is 0.265 e. The highest BCUT2D eigenvalue weighted by atomic mass is 16.5. The van der Waals surface area contributed by atoms with Gasteiger partial charge in [0.15, 0.2) is 6.10 Å². The molecule has 0 spiro atoms. The van der Waals surface area contributed by atoms with Gasteiger partial charge in [0.25, 0.3) is 5.91 Å². The minimum atomic E-state index is -0.566. The van der Waals surface area contributed by atoms with Gasteiger partial charge in [-0.1, -0.05) is 51.1 Å². The van der Waals surface area contributed by atoms with E-state index in [1.807, 2.05) is 38.1 Å². The zero-order chi connectivity index (χ0) is 18.6. The Hall–Kier alpha value is -2.29. The molecule has 0 radical (unpaired) electrons. The maximum absolute atomic E-state index is 12.7. The standard InChI is InChI=1S/C22H29NO2/c1-7-18-10-8-9-16(5)21(18)23-22(24)17(6)25-20-13-15(4)11-12-19(20)14(2)3/h8-14,17H,7H2,1-6H3,(H,23,24)/t17-/m1/s1. The average Bonchev–Trinajstić information content (AvgIpc) is 2.56. The Morgan fingerprint density at radius 1 is 1.12 bits per heavy atom. The second-order valence-corrected chi connectivity index (χ2v) is 6.91. The molecule has 1 N–H and O–H groups in total. The smallest absolute Gasteiger partial charge is 0.265 e. The predicted molar refractivity (Wildman–Crippen MR) is 105 cm³/mol. The fourth-order valence-electron chi connectivity index (χ4n) is 2.89. The molecule has 0 aliphatic rings. The monoisotopic (exact) mass is 339 g/mol. The first-order valence-corrected chi connectivity index (χ1v) is 9.00. The van der Waals surface area contributed by atoms with E-state index in [2.05, 4.69) is 38.2 Å². The van der Waals surface area contributed by atoms with Crippen molar-refractivity contribution >= 4 is 11.6 Å². The van der Waals surface area contributed by atoms with E-state index in [9.17, 15) is 4.79 Å². The normalized spacial score (nSPS) is 12.1. The van der Waals surface area contributed by atoms with E-state index in [1.54, 1.807) is 6.92 Å². The third kappa shape index (κ3) is 4.62. The van der Waals surface area contributed by atoms with Crippen LogP contribution in [0.2, 0.25) is 0 Å². The van der Waals surface area contributed by atoms with Crippen LogP contribution in [0, 0.1) is 13.8 Å². The van der Waals surface area contributed by atoms with Crippen molar-refractivity contribution in [3.8, 4) is 5.75 Å². The van der Waals surface area contributed by atoms with Crippen molar-refractivity contribution in [2.24, 2.45) is 0 Å². The van der Waals surface area contributed by atoms with Crippen LogP contribution in [0.15, 0.2) is 36.4 Å². The van der Waals surface area contributed by atoms with Crippen molar-refractivity contribution in [3.63, 3.8) is 0 Å². The SMILES string of the molecule is CCc1cccc(C)c1NC(=O)[C@@H](C)Oc1cc(C)ccc1C(C)C. The highest BCUT2D eigenvalue weighted by Crippen LogP contribution is 2.29. The number of ether oxygens (including phenoxy) is 1. The average molecular weight is 339 g/mol. The lowest BCUT2D eigenvalue weighted by molar-refractivity contribution is -0.122. The molecular weight excluding hydrogens is 310 g/mol. The van der Waals surface area contributed by atoms with Gasteiger partial charge in [0.2, 0.25) is 0 Å². The number of carbonyl (C=O) groups excluding carboxylic acids is 1. The number of para-hydroxylation sites is 1. The molecule has 2 rings (SSSR count). The van der Waals surface area contributed by atoms with E-state index in [4.69, 9.17) is 4.74 Å². The van der Waals surface area contributed by atoms with Crippen LogP contribution in [0.5, 0.6) is 5.75 Å². The molecule has 0 aliphatic carbocycles. The second kappa shape index (κ2) is 8.19. The molecule has 0 saturated heterocycles. The summed E-state index contributed by atoms with van der Waals surface area (Å²) < 4.78 is 6.02. The summed E-state index contributed by atoms with van der Waals surface area (Å²) in [6, 6.07) is 12.2. The van der Waals surface area contributed by atoms with Gasteiger partial charge in [0, 0.05) is 5.69 Å². The molecule has 0 heterocycles. The largest absolute Gasteiger partial charge is 0.481 e. The second-order valence-electron chi connectivity index (χ2n) is 6.91. The van der Waals surface area contributed by atoms with Crippen LogP contribution in [0.3, 0.4) is 0 Å². The van der Waals surface area contributed by atoms with E-state index in [0.29, 0.717) is 5.92 Å². The predicted octanol–water partition coefficient (Wildman–Crippen LogP) is 5.40. The molecule has 3 nitrogen and oxygen atoms in total. The van der Waals surface area contributed by atoms with Gasteiger partial charge in [-0.15, -0.1) is 0 Å². The van der Waals surface area contributed by atoms with Crippen LogP contribution < -0.4 is 10.1 Å². The Kier molecular flexibility index (Phi) is 6.24. The van der Waals surface area contributed by atoms with Crippen molar-refractivity contribution in [3.05, 3.63) is 58.7 Å². The van der Waals surface area contributed by atoms with E-state index in [0.717, 1.165) is 40.1 Å². The van der Waals surface area contributed by atoms with Crippen molar-refractivity contribution in [2.45, 2.75) is 60.0 Å². The number of hydrogen-bond donors (Lipinski definition) is 1. The lowest BCUT2D eigenvalue weighted by Gasteiger charge is -2.20. The van der Waals surface area contributed by atoms with Gasteiger partial charge in [0.05, 0.1) is 0 Å². The summed E-state index contributed by atoms with van der Waals surface area (Å²) in [7, 11) is 0. The Bertz CT molecular complexity index is 750. The van der Waals surface area contributed by atoms with Gasteiger partial charge in [-0.25, -0.2) is 0 Å². The molecule has 0 unspecified atom stereocenters. The zero-order valence-electron chi connectivity index (χ0n) is 16.1. The quantitative estimate of drug-likeness (QED) is 0.765. The highest BCUT2D eigenvalue weighted by molar-refractivity contribution is 5.95. The Balaban J connectivity index is 2.18. The summed E-state index contributed by atoms with van der Waals surface area (Å²) >= 11 is 0. The fourth-order valence-corrected chi connectivity index (χ4v) is 2.89. The van der Waals surface area contributed by atoms with Crippen LogP contribution >= 0.6 is 0 Å². The van der Waals surface area contributed by atoms with Gasteiger partial charge in [-0.2, -0.15) is 0 Å². The maximum atomic E-state index is 12.7. The van der Waals surface area contributed by atoms with Crippen molar-refractivity contribution in [1.29, 1.82) is 0 Å². The number of hydrogen-bond acceptors (Lipinski definition) is 2. The Morgan fingerprint density at radius 2 is 1.84 bits per heavy atom. The van der Waals surface area contributed by atoms with E-state index in [-0.39, 0.29) is 5.91 Å². The molecule has 0 fully saturated rings. The van der Waals surface area contributed by atoms with Gasteiger partial charge >= 0.3 is 0 Å². The molecule has 1 atom stereocenters. The first-order valence-electron chi connectivity index (χ1n) is 9.00. The summed E-state index contributed by atoms with van der Waals surface area (Å²) in [5.41, 5.74) is 5.35. The lowest BCUT2D eigenvalue weighted by Crippen LogP contribution is -2.31. The highest BCUT2D eigenvalue weighted by Gasteiger charge is 2.19. The number of carbonyl (C=O) groups is 1. The molecular formula is C22H29NO2. The molecule has 25 heavy (non-hydrogen) atoms. The number of nitrogens with one attached hydrogen (secondary N) is 1. The van der Waals surface area contributed by atoms with Gasteiger partial charge in [-0.3, -0.25) is 4.79 Å².